The topological polar surface area (TPSA) is 74.3 Å². The Balaban J connectivity index is 1.40. The van der Waals surface area contributed by atoms with Crippen molar-refractivity contribution in [2.45, 2.75) is 24.3 Å². The number of nitrogens with zero attached hydrogens (tertiary/aromatic N) is 2. The van der Waals surface area contributed by atoms with Crippen LogP contribution < -0.4 is 10.6 Å². The number of hydrogen-bond acceptors (Lipinski definition) is 5. The van der Waals surface area contributed by atoms with Crippen molar-refractivity contribution in [3.05, 3.63) is 24.4 Å². The Bertz CT molecular complexity index is 578. The number of piperidine rings is 1. The van der Waals surface area contributed by atoms with E-state index in [1.165, 1.54) is 0 Å². The summed E-state index contributed by atoms with van der Waals surface area (Å²) in [5, 5.41) is 7.23. The molecule has 3 rings (SSSR count). The van der Waals surface area contributed by atoms with Crippen LogP contribution in [-0.2, 0) is 9.59 Å². The summed E-state index contributed by atoms with van der Waals surface area (Å²) in [6, 6.07) is 5.81. The van der Waals surface area contributed by atoms with E-state index in [0.717, 1.165) is 36.7 Å². The van der Waals surface area contributed by atoms with E-state index < -0.39 is 0 Å². The van der Waals surface area contributed by atoms with Gasteiger partial charge in [0.15, 0.2) is 0 Å². The molecule has 2 fully saturated rings. The second-order valence-corrected chi connectivity index (χ2v) is 7.74. The minimum Gasteiger partial charge on any atom is -0.355 e. The summed E-state index contributed by atoms with van der Waals surface area (Å²) in [6.07, 6.45) is 4.63. The number of aromatic nitrogens is 1. The Morgan fingerprint density at radius 2 is 2.04 bits per heavy atom. The third-order valence-electron chi connectivity index (χ3n) is 4.78. The van der Waals surface area contributed by atoms with Gasteiger partial charge < -0.3 is 15.5 Å². The Kier molecular flexibility index (Phi) is 6.69. The average Bonchev–Trinajstić information content (AvgIpc) is 3.20. The Morgan fingerprint density at radius 1 is 1.24 bits per heavy atom. The van der Waals surface area contributed by atoms with E-state index in [1.54, 1.807) is 18.0 Å². The van der Waals surface area contributed by atoms with Crippen LogP contribution in [-0.4, -0.2) is 60.2 Å². The molecule has 25 heavy (non-hydrogen) atoms. The molecule has 0 radical (unpaired) electrons. The van der Waals surface area contributed by atoms with Gasteiger partial charge in [0.25, 0.3) is 0 Å². The predicted octanol–water partition coefficient (Wildman–Crippen LogP) is 1.14. The highest BCUT2D eigenvalue weighted by molar-refractivity contribution is 7.99. The summed E-state index contributed by atoms with van der Waals surface area (Å²) in [5.41, 5.74) is 0. The highest BCUT2D eigenvalue weighted by atomic mass is 32.2. The second-order valence-electron chi connectivity index (χ2n) is 6.63. The van der Waals surface area contributed by atoms with Crippen LogP contribution in [0, 0.1) is 11.8 Å². The molecule has 2 saturated heterocycles. The van der Waals surface area contributed by atoms with Gasteiger partial charge in [-0.3, -0.25) is 9.59 Å². The van der Waals surface area contributed by atoms with Crippen molar-refractivity contribution in [3.8, 4) is 0 Å². The van der Waals surface area contributed by atoms with Crippen molar-refractivity contribution < 1.29 is 9.59 Å². The summed E-state index contributed by atoms with van der Waals surface area (Å²) >= 11 is 1.63. The molecule has 0 bridgehead atoms. The summed E-state index contributed by atoms with van der Waals surface area (Å²) in [4.78, 5) is 31.1. The van der Waals surface area contributed by atoms with Crippen molar-refractivity contribution in [1.82, 2.24) is 20.5 Å². The Hall–Kier alpha value is -1.60. The van der Waals surface area contributed by atoms with E-state index in [4.69, 9.17) is 0 Å². The van der Waals surface area contributed by atoms with Crippen LogP contribution in [0.15, 0.2) is 29.4 Å². The van der Waals surface area contributed by atoms with Gasteiger partial charge in [-0.05, 0) is 31.4 Å². The normalized spacial score (nSPS) is 23.4. The van der Waals surface area contributed by atoms with Gasteiger partial charge in [-0.15, -0.1) is 11.8 Å². The minimum atomic E-state index is -0.120. The number of nitrogens with one attached hydrogen (secondary N) is 2. The van der Waals surface area contributed by atoms with Gasteiger partial charge in [-0.1, -0.05) is 6.07 Å². The van der Waals surface area contributed by atoms with E-state index in [9.17, 15) is 9.59 Å². The largest absolute Gasteiger partial charge is 0.355 e. The molecule has 3 heterocycles. The summed E-state index contributed by atoms with van der Waals surface area (Å²) in [6.45, 7) is 3.70. The van der Waals surface area contributed by atoms with Gasteiger partial charge in [-0.25, -0.2) is 4.98 Å². The number of hydrogen-bond donors (Lipinski definition) is 2. The lowest BCUT2D eigenvalue weighted by atomic mass is 9.89. The fourth-order valence-corrected chi connectivity index (χ4v) is 4.16. The number of carbonyl (C=O) groups excluding carboxylic acids is 2. The summed E-state index contributed by atoms with van der Waals surface area (Å²) in [7, 11) is 0. The third-order valence-corrected chi connectivity index (χ3v) is 5.72. The minimum absolute atomic E-state index is 0.0491. The Morgan fingerprint density at radius 3 is 2.80 bits per heavy atom. The number of rotatable bonds is 6. The zero-order chi connectivity index (χ0) is 17.5. The third kappa shape index (κ3) is 5.19. The van der Waals surface area contributed by atoms with Crippen LogP contribution in [0.4, 0.5) is 0 Å². The molecule has 2 amide bonds. The number of pyridine rings is 1. The zero-order valence-electron chi connectivity index (χ0n) is 14.4. The molecule has 1 aromatic rings. The van der Waals surface area contributed by atoms with Crippen molar-refractivity contribution in [1.29, 1.82) is 0 Å². The quantitative estimate of drug-likeness (QED) is 0.586. The highest BCUT2D eigenvalue weighted by Crippen LogP contribution is 2.21. The molecule has 7 heteroatoms. The molecule has 0 aliphatic carbocycles. The van der Waals surface area contributed by atoms with Crippen molar-refractivity contribution in [2.75, 3.05) is 38.5 Å². The molecule has 1 aromatic heterocycles. The first-order valence-electron chi connectivity index (χ1n) is 9.05. The predicted molar refractivity (Wildman–Crippen MR) is 98.3 cm³/mol. The van der Waals surface area contributed by atoms with Crippen LogP contribution in [0.5, 0.6) is 0 Å². The van der Waals surface area contributed by atoms with Crippen LogP contribution in [0.1, 0.15) is 19.3 Å². The standard InChI is InChI=1S/C18H26N4O2S/c23-17(21-7-10-25-16-5-1-2-6-20-16)14-11-15(13-19-12-14)18(24)22-8-3-4-9-22/h1-2,5-6,14-15,19H,3-4,7-13H2,(H,21,23). The molecule has 2 N–H and O–H groups in total. The first-order valence-corrected chi connectivity index (χ1v) is 10.0. The van der Waals surface area contributed by atoms with Gasteiger partial charge in [0.1, 0.15) is 0 Å². The molecule has 136 valence electrons. The zero-order valence-corrected chi connectivity index (χ0v) is 15.3. The van der Waals surface area contributed by atoms with Gasteiger partial charge in [0, 0.05) is 44.7 Å². The van der Waals surface area contributed by atoms with E-state index in [2.05, 4.69) is 15.6 Å². The molecule has 6 nitrogen and oxygen atoms in total. The monoisotopic (exact) mass is 362 g/mol. The van der Waals surface area contributed by atoms with E-state index >= 15 is 0 Å². The second kappa shape index (κ2) is 9.20. The molecule has 0 aromatic carbocycles. The van der Waals surface area contributed by atoms with Gasteiger partial charge in [0.2, 0.25) is 11.8 Å². The van der Waals surface area contributed by atoms with Gasteiger partial charge in [0.05, 0.1) is 16.9 Å². The first kappa shape index (κ1) is 18.2. The maximum Gasteiger partial charge on any atom is 0.226 e. The van der Waals surface area contributed by atoms with Gasteiger partial charge in [-0.2, -0.15) is 0 Å². The molecule has 0 spiro atoms. The Labute approximate surface area is 153 Å². The lowest BCUT2D eigenvalue weighted by Gasteiger charge is -2.31. The van der Waals surface area contributed by atoms with Crippen LogP contribution in [0.25, 0.3) is 0 Å². The molecule has 0 saturated carbocycles. The van der Waals surface area contributed by atoms with E-state index in [0.29, 0.717) is 26.1 Å². The van der Waals surface area contributed by atoms with Crippen molar-refractivity contribution in [2.24, 2.45) is 11.8 Å². The highest BCUT2D eigenvalue weighted by Gasteiger charge is 2.33. The maximum absolute atomic E-state index is 12.5. The molecular formula is C18H26N4O2S. The number of thioether (sulfide) groups is 1. The molecule has 2 atom stereocenters. The molecular weight excluding hydrogens is 336 g/mol. The molecule has 2 aliphatic rings. The SMILES string of the molecule is O=C(NCCSc1ccccn1)C1CNCC(C(=O)N2CCCC2)C1. The molecule has 2 unspecified atom stereocenters. The van der Waals surface area contributed by atoms with Crippen LogP contribution in [0.2, 0.25) is 0 Å². The molecule has 2 aliphatic heterocycles. The van der Waals surface area contributed by atoms with Crippen LogP contribution in [0.3, 0.4) is 0 Å². The summed E-state index contributed by atoms with van der Waals surface area (Å²) in [5.74, 6) is 0.871. The smallest absolute Gasteiger partial charge is 0.226 e. The van der Waals surface area contributed by atoms with E-state index in [1.807, 2.05) is 23.1 Å². The fourth-order valence-electron chi connectivity index (χ4n) is 3.43. The lowest BCUT2D eigenvalue weighted by molar-refractivity contribution is -0.136. The summed E-state index contributed by atoms with van der Waals surface area (Å²) < 4.78 is 0. The van der Waals surface area contributed by atoms with Gasteiger partial charge >= 0.3 is 0 Å². The maximum atomic E-state index is 12.5. The van der Waals surface area contributed by atoms with Crippen LogP contribution >= 0.6 is 11.8 Å². The van der Waals surface area contributed by atoms with E-state index in [-0.39, 0.29) is 23.7 Å². The number of carbonyl (C=O) groups is 2. The van der Waals surface area contributed by atoms with Crippen molar-refractivity contribution >= 4 is 23.6 Å². The average molecular weight is 362 g/mol. The number of amides is 2. The number of likely N-dealkylation sites (tertiary alicyclic amines) is 1. The van der Waals surface area contributed by atoms with Crippen molar-refractivity contribution in [3.63, 3.8) is 0 Å². The first-order chi connectivity index (χ1) is 12.2. The fraction of sp³-hybridized carbons (Fsp3) is 0.611. The lowest BCUT2D eigenvalue weighted by Crippen LogP contribution is -2.49.